The molecule has 1 aliphatic rings. The summed E-state index contributed by atoms with van der Waals surface area (Å²) in [6.45, 7) is 2.11. The molecule has 0 saturated heterocycles. The van der Waals surface area contributed by atoms with E-state index in [1.54, 1.807) is 0 Å². The Bertz CT molecular complexity index is 276. The van der Waals surface area contributed by atoms with Gasteiger partial charge in [0.15, 0.2) is 0 Å². The van der Waals surface area contributed by atoms with Crippen molar-refractivity contribution in [1.29, 1.82) is 0 Å². The molecule has 1 aromatic rings. The predicted octanol–water partition coefficient (Wildman–Crippen LogP) is 1.81. The van der Waals surface area contributed by atoms with Crippen LogP contribution in [0.2, 0.25) is 0 Å². The highest BCUT2D eigenvalue weighted by Gasteiger charge is 2.29. The minimum Gasteiger partial charge on any atom is -0.322 e. The molecule has 2 rings (SSSR count). The molecule has 0 aliphatic heterocycles. The fourth-order valence-corrected chi connectivity index (χ4v) is 1.82. The molecule has 0 spiro atoms. The smallest absolute Gasteiger partial charge is 0.0386 e. The van der Waals surface area contributed by atoms with Crippen molar-refractivity contribution in [2.45, 2.75) is 25.3 Å². The molecule has 0 fully saturated rings. The van der Waals surface area contributed by atoms with Gasteiger partial charge >= 0.3 is 0 Å². The molecule has 1 unspecified atom stereocenters. The molecule has 2 N–H and O–H groups in total. The summed E-state index contributed by atoms with van der Waals surface area (Å²) in [5.74, 6) is 0. The van der Waals surface area contributed by atoms with Crippen molar-refractivity contribution in [3.05, 3.63) is 35.4 Å². The molecule has 1 nitrogen and oxygen atoms in total. The highest BCUT2D eigenvalue weighted by atomic mass is 14.7. The lowest BCUT2D eigenvalue weighted by molar-refractivity contribution is 0.492. The van der Waals surface area contributed by atoms with Gasteiger partial charge in [-0.1, -0.05) is 24.3 Å². The summed E-state index contributed by atoms with van der Waals surface area (Å²) in [4.78, 5) is 0. The molecule has 1 atom stereocenters. The Hall–Kier alpha value is -0.820. The first kappa shape index (κ1) is 6.86. The second-order valence-electron chi connectivity index (χ2n) is 3.57. The molecule has 58 valence electrons. The molecular formula is C10H13N. The van der Waals surface area contributed by atoms with Crippen LogP contribution in [0.5, 0.6) is 0 Å². The van der Waals surface area contributed by atoms with Crippen LogP contribution in [0.1, 0.15) is 24.5 Å². The Morgan fingerprint density at radius 3 is 2.82 bits per heavy atom. The molecule has 0 heterocycles. The maximum absolute atomic E-state index is 6.09. The fourth-order valence-electron chi connectivity index (χ4n) is 1.82. The highest BCUT2D eigenvalue weighted by Crippen LogP contribution is 2.33. The van der Waals surface area contributed by atoms with E-state index in [4.69, 9.17) is 5.73 Å². The Labute approximate surface area is 67.2 Å². The van der Waals surface area contributed by atoms with Crippen LogP contribution in [0.15, 0.2) is 24.3 Å². The normalized spacial score (nSPS) is 28.5. The van der Waals surface area contributed by atoms with Crippen LogP contribution < -0.4 is 5.73 Å². The summed E-state index contributed by atoms with van der Waals surface area (Å²) in [6.07, 6.45) is 2.23. The fraction of sp³-hybridized carbons (Fsp3) is 0.400. The zero-order valence-corrected chi connectivity index (χ0v) is 6.80. The predicted molar refractivity (Wildman–Crippen MR) is 46.3 cm³/mol. The van der Waals surface area contributed by atoms with Gasteiger partial charge in [-0.2, -0.15) is 0 Å². The summed E-state index contributed by atoms with van der Waals surface area (Å²) in [6, 6.07) is 8.46. The number of hydrogen-bond acceptors (Lipinski definition) is 1. The molecule has 0 aromatic heterocycles. The van der Waals surface area contributed by atoms with E-state index in [-0.39, 0.29) is 5.54 Å². The van der Waals surface area contributed by atoms with Gasteiger partial charge in [0, 0.05) is 5.54 Å². The van der Waals surface area contributed by atoms with E-state index in [0.717, 1.165) is 12.8 Å². The van der Waals surface area contributed by atoms with Gasteiger partial charge in [-0.25, -0.2) is 0 Å². The molecule has 0 amide bonds. The lowest BCUT2D eigenvalue weighted by atomic mass is 9.96. The summed E-state index contributed by atoms with van der Waals surface area (Å²) in [5.41, 5.74) is 8.78. The van der Waals surface area contributed by atoms with Gasteiger partial charge in [-0.15, -0.1) is 0 Å². The Kier molecular flexibility index (Phi) is 1.30. The van der Waals surface area contributed by atoms with Crippen LogP contribution in [0.25, 0.3) is 0 Å². The van der Waals surface area contributed by atoms with Crippen LogP contribution in [0.4, 0.5) is 0 Å². The monoisotopic (exact) mass is 147 g/mol. The van der Waals surface area contributed by atoms with E-state index >= 15 is 0 Å². The van der Waals surface area contributed by atoms with Gasteiger partial charge in [0.25, 0.3) is 0 Å². The molecular weight excluding hydrogens is 134 g/mol. The molecule has 0 saturated carbocycles. The number of aryl methyl sites for hydroxylation is 1. The van der Waals surface area contributed by atoms with Crippen molar-refractivity contribution < 1.29 is 0 Å². The van der Waals surface area contributed by atoms with Crippen LogP contribution in [0, 0.1) is 0 Å². The first-order chi connectivity index (χ1) is 5.20. The van der Waals surface area contributed by atoms with Crippen molar-refractivity contribution in [3.63, 3.8) is 0 Å². The summed E-state index contributed by atoms with van der Waals surface area (Å²) in [7, 11) is 0. The Balaban J connectivity index is 2.56. The number of nitrogens with two attached hydrogens (primary N) is 1. The van der Waals surface area contributed by atoms with Gasteiger partial charge in [0.1, 0.15) is 0 Å². The van der Waals surface area contributed by atoms with E-state index in [2.05, 4.69) is 31.2 Å². The quantitative estimate of drug-likeness (QED) is 0.595. The van der Waals surface area contributed by atoms with E-state index < -0.39 is 0 Å². The van der Waals surface area contributed by atoms with Crippen LogP contribution in [-0.2, 0) is 12.0 Å². The third-order valence-electron chi connectivity index (χ3n) is 2.55. The maximum Gasteiger partial charge on any atom is 0.0386 e. The summed E-state index contributed by atoms with van der Waals surface area (Å²) in [5, 5.41) is 0. The van der Waals surface area contributed by atoms with Gasteiger partial charge < -0.3 is 5.73 Å². The Morgan fingerprint density at radius 1 is 1.36 bits per heavy atom. The standard InChI is InChI=1S/C10H13N/c1-10(11)7-6-8-4-2-3-5-9(8)10/h2-5H,6-7,11H2,1H3. The average molecular weight is 147 g/mol. The van der Waals surface area contributed by atoms with Crippen LogP contribution in [0.3, 0.4) is 0 Å². The van der Waals surface area contributed by atoms with Crippen molar-refractivity contribution >= 4 is 0 Å². The van der Waals surface area contributed by atoms with E-state index in [9.17, 15) is 0 Å². The second-order valence-corrected chi connectivity index (χ2v) is 3.57. The maximum atomic E-state index is 6.09. The number of hydrogen-bond donors (Lipinski definition) is 1. The molecule has 0 bridgehead atoms. The van der Waals surface area contributed by atoms with Crippen LogP contribution >= 0.6 is 0 Å². The Morgan fingerprint density at radius 2 is 2.09 bits per heavy atom. The minimum absolute atomic E-state index is 0.0728. The molecule has 11 heavy (non-hydrogen) atoms. The van der Waals surface area contributed by atoms with E-state index in [0.29, 0.717) is 0 Å². The van der Waals surface area contributed by atoms with Crippen LogP contribution in [-0.4, -0.2) is 0 Å². The van der Waals surface area contributed by atoms with E-state index in [1.807, 2.05) is 0 Å². The highest BCUT2D eigenvalue weighted by molar-refractivity contribution is 5.37. The van der Waals surface area contributed by atoms with Gasteiger partial charge in [-0.3, -0.25) is 0 Å². The second kappa shape index (κ2) is 2.08. The lowest BCUT2D eigenvalue weighted by Gasteiger charge is -2.18. The number of fused-ring (bicyclic) bond motifs is 1. The number of rotatable bonds is 0. The van der Waals surface area contributed by atoms with E-state index in [1.165, 1.54) is 11.1 Å². The van der Waals surface area contributed by atoms with Crippen molar-refractivity contribution in [3.8, 4) is 0 Å². The summed E-state index contributed by atoms with van der Waals surface area (Å²) < 4.78 is 0. The number of benzene rings is 1. The van der Waals surface area contributed by atoms with Crippen molar-refractivity contribution in [2.75, 3.05) is 0 Å². The SMILES string of the molecule is CC1(N)CCc2ccccc21. The average Bonchev–Trinajstić information content (AvgIpc) is 2.29. The molecule has 1 aromatic carbocycles. The zero-order valence-electron chi connectivity index (χ0n) is 6.80. The third kappa shape index (κ3) is 0.962. The lowest BCUT2D eigenvalue weighted by Crippen LogP contribution is -2.29. The zero-order chi connectivity index (χ0) is 7.90. The minimum atomic E-state index is -0.0728. The third-order valence-corrected chi connectivity index (χ3v) is 2.55. The molecule has 1 aliphatic carbocycles. The first-order valence-corrected chi connectivity index (χ1v) is 4.07. The van der Waals surface area contributed by atoms with Gasteiger partial charge in [-0.05, 0) is 30.9 Å². The largest absolute Gasteiger partial charge is 0.322 e. The van der Waals surface area contributed by atoms with Gasteiger partial charge in [0.05, 0.1) is 0 Å². The topological polar surface area (TPSA) is 26.0 Å². The van der Waals surface area contributed by atoms with Gasteiger partial charge in [0.2, 0.25) is 0 Å². The summed E-state index contributed by atoms with van der Waals surface area (Å²) >= 11 is 0. The molecule has 1 heteroatoms. The van der Waals surface area contributed by atoms with Crippen molar-refractivity contribution in [2.24, 2.45) is 5.73 Å². The first-order valence-electron chi connectivity index (χ1n) is 4.07. The van der Waals surface area contributed by atoms with Crippen molar-refractivity contribution in [1.82, 2.24) is 0 Å². The molecule has 0 radical (unpaired) electrons.